The first-order valence-corrected chi connectivity index (χ1v) is 15.3. The SMILES string of the molecule is COC1CCN(c2ccc3cc(-c4oc5cc(C(=O)N6C[C@H](C)C[C@@H](F)C6)ccc5c4C)n(CC4CC4)c3c2)CC1. The van der Waals surface area contributed by atoms with Crippen LogP contribution in [0.3, 0.4) is 0 Å². The summed E-state index contributed by atoms with van der Waals surface area (Å²) in [5.74, 6) is 1.60. The van der Waals surface area contributed by atoms with E-state index in [0.29, 0.717) is 36.1 Å². The molecule has 3 aliphatic rings. The van der Waals surface area contributed by atoms with Gasteiger partial charge in [0.2, 0.25) is 0 Å². The lowest BCUT2D eigenvalue weighted by atomic mass is 9.98. The van der Waals surface area contributed by atoms with E-state index >= 15 is 0 Å². The van der Waals surface area contributed by atoms with Crippen LogP contribution in [0.5, 0.6) is 0 Å². The molecule has 0 spiro atoms. The molecule has 2 aliphatic heterocycles. The van der Waals surface area contributed by atoms with E-state index in [1.54, 1.807) is 4.90 Å². The van der Waals surface area contributed by atoms with Crippen LogP contribution in [0.4, 0.5) is 10.1 Å². The maximum absolute atomic E-state index is 14.2. The number of amides is 1. The van der Waals surface area contributed by atoms with Crippen LogP contribution in [0.15, 0.2) is 46.9 Å². The highest BCUT2D eigenvalue weighted by Gasteiger charge is 2.30. The number of aromatic nitrogens is 1. The summed E-state index contributed by atoms with van der Waals surface area (Å²) in [6.45, 7) is 7.85. The molecule has 1 amide bonds. The van der Waals surface area contributed by atoms with E-state index in [4.69, 9.17) is 9.15 Å². The molecule has 3 fully saturated rings. The van der Waals surface area contributed by atoms with Crippen LogP contribution in [0.1, 0.15) is 54.9 Å². The lowest BCUT2D eigenvalue weighted by Gasteiger charge is -2.33. The van der Waals surface area contributed by atoms with Crippen molar-refractivity contribution < 1.29 is 18.3 Å². The van der Waals surface area contributed by atoms with Gasteiger partial charge < -0.3 is 23.5 Å². The second-order valence-corrected chi connectivity index (χ2v) is 12.7. The average Bonchev–Trinajstić information content (AvgIpc) is 3.65. The van der Waals surface area contributed by atoms with Crippen LogP contribution in [0.25, 0.3) is 33.3 Å². The van der Waals surface area contributed by atoms with Crippen LogP contribution < -0.4 is 4.90 Å². The predicted octanol–water partition coefficient (Wildman–Crippen LogP) is 7.21. The Labute approximate surface area is 241 Å². The maximum Gasteiger partial charge on any atom is 0.254 e. The summed E-state index contributed by atoms with van der Waals surface area (Å²) in [6.07, 6.45) is 4.55. The number of nitrogens with zero attached hydrogens (tertiary/aromatic N) is 3. The highest BCUT2D eigenvalue weighted by Crippen LogP contribution is 2.40. The van der Waals surface area contributed by atoms with Gasteiger partial charge in [0.1, 0.15) is 11.8 Å². The second kappa shape index (κ2) is 10.5. The number of piperidine rings is 2. The highest BCUT2D eigenvalue weighted by atomic mass is 19.1. The van der Waals surface area contributed by atoms with E-state index in [9.17, 15) is 9.18 Å². The normalized spacial score (nSPS) is 22.2. The molecule has 0 unspecified atom stereocenters. The minimum absolute atomic E-state index is 0.124. The van der Waals surface area contributed by atoms with Gasteiger partial charge in [-0.2, -0.15) is 0 Å². The Bertz CT molecular complexity index is 1580. The summed E-state index contributed by atoms with van der Waals surface area (Å²) in [5, 5.41) is 2.23. The molecule has 2 saturated heterocycles. The van der Waals surface area contributed by atoms with E-state index in [1.165, 1.54) is 29.4 Å². The van der Waals surface area contributed by atoms with Gasteiger partial charge in [0, 0.05) is 60.9 Å². The molecule has 4 aromatic rings. The van der Waals surface area contributed by atoms with Crippen LogP contribution in [0.2, 0.25) is 0 Å². The minimum atomic E-state index is -0.963. The van der Waals surface area contributed by atoms with Crippen molar-refractivity contribution in [2.24, 2.45) is 11.8 Å². The lowest BCUT2D eigenvalue weighted by Crippen LogP contribution is -2.44. The molecule has 2 aromatic heterocycles. The highest BCUT2D eigenvalue weighted by molar-refractivity contribution is 5.99. The third-order valence-corrected chi connectivity index (χ3v) is 9.48. The molecule has 7 rings (SSSR count). The Morgan fingerprint density at radius 3 is 2.59 bits per heavy atom. The fourth-order valence-corrected chi connectivity index (χ4v) is 6.96. The van der Waals surface area contributed by atoms with Crippen molar-refractivity contribution in [3.63, 3.8) is 0 Å². The minimum Gasteiger partial charge on any atom is -0.454 e. The molecule has 2 atom stereocenters. The maximum atomic E-state index is 14.2. The van der Waals surface area contributed by atoms with Crippen LogP contribution in [-0.4, -0.2) is 60.9 Å². The molecule has 41 heavy (non-hydrogen) atoms. The standard InChI is InChI=1S/C34H40FN3O3/c1-21-14-26(35)20-37(18-21)34(39)25-7-9-29-22(2)33(41-32(29)16-25)31-15-24-6-8-27(36-12-10-28(40-3)11-13-36)17-30(24)38(31)19-23-4-5-23/h6-9,15-17,21,23,26,28H,4-5,10-14,18-20H2,1-3H3/t21-,26-/m1/s1. The number of benzene rings is 2. The van der Waals surface area contributed by atoms with Crippen molar-refractivity contribution in [1.82, 2.24) is 9.47 Å². The number of carbonyl (C=O) groups is 1. The van der Waals surface area contributed by atoms with Gasteiger partial charge in [0.15, 0.2) is 5.76 Å². The number of carbonyl (C=O) groups excluding carboxylic acids is 1. The number of hydrogen-bond donors (Lipinski definition) is 0. The van der Waals surface area contributed by atoms with Gasteiger partial charge in [-0.05, 0) is 81.2 Å². The van der Waals surface area contributed by atoms with Gasteiger partial charge in [-0.25, -0.2) is 4.39 Å². The molecule has 216 valence electrons. The summed E-state index contributed by atoms with van der Waals surface area (Å²) >= 11 is 0. The number of methoxy groups -OCH3 is 1. The Hall–Kier alpha value is -3.32. The third kappa shape index (κ3) is 5.03. The van der Waals surface area contributed by atoms with Crippen molar-refractivity contribution in [1.29, 1.82) is 0 Å². The van der Waals surface area contributed by atoms with E-state index in [2.05, 4.69) is 40.7 Å². The monoisotopic (exact) mass is 557 g/mol. The molecule has 1 aliphatic carbocycles. The predicted molar refractivity (Wildman–Crippen MR) is 161 cm³/mol. The molecular formula is C34H40FN3O3. The van der Waals surface area contributed by atoms with E-state index in [0.717, 1.165) is 54.9 Å². The lowest BCUT2D eigenvalue weighted by molar-refractivity contribution is 0.0555. The number of aryl methyl sites for hydroxylation is 1. The number of halogens is 1. The van der Waals surface area contributed by atoms with Crippen molar-refractivity contribution in [3.8, 4) is 11.5 Å². The topological polar surface area (TPSA) is 50.9 Å². The number of anilines is 1. The zero-order valence-electron chi connectivity index (χ0n) is 24.4. The van der Waals surface area contributed by atoms with E-state index < -0.39 is 6.17 Å². The number of alkyl halides is 1. The first-order valence-electron chi connectivity index (χ1n) is 15.3. The first-order chi connectivity index (χ1) is 19.9. The molecule has 0 radical (unpaired) electrons. The number of furan rings is 1. The van der Waals surface area contributed by atoms with Crippen molar-refractivity contribution >= 4 is 33.5 Å². The Morgan fingerprint density at radius 2 is 1.85 bits per heavy atom. The van der Waals surface area contributed by atoms with Gasteiger partial charge in [-0.1, -0.05) is 19.1 Å². The summed E-state index contributed by atoms with van der Waals surface area (Å²) in [4.78, 5) is 17.4. The fraction of sp³-hybridized carbons (Fsp3) is 0.500. The van der Waals surface area contributed by atoms with Crippen LogP contribution in [-0.2, 0) is 11.3 Å². The number of rotatable bonds is 6. The molecule has 6 nitrogen and oxygen atoms in total. The van der Waals surface area contributed by atoms with Crippen molar-refractivity contribution in [2.45, 2.75) is 64.8 Å². The Balaban J connectivity index is 1.24. The summed E-state index contributed by atoms with van der Waals surface area (Å²) in [5.41, 5.74) is 5.94. The van der Waals surface area contributed by atoms with E-state index in [1.807, 2.05) is 32.2 Å². The van der Waals surface area contributed by atoms with Gasteiger partial charge in [-0.3, -0.25) is 4.79 Å². The van der Waals surface area contributed by atoms with Gasteiger partial charge in [-0.15, -0.1) is 0 Å². The molecule has 1 saturated carbocycles. The first kappa shape index (κ1) is 26.6. The molecule has 0 N–H and O–H groups in total. The molecular weight excluding hydrogens is 517 g/mol. The Morgan fingerprint density at radius 1 is 1.05 bits per heavy atom. The molecule has 0 bridgehead atoms. The van der Waals surface area contributed by atoms with E-state index in [-0.39, 0.29) is 18.4 Å². The molecule has 7 heteroatoms. The summed E-state index contributed by atoms with van der Waals surface area (Å²) < 4.78 is 28.8. The van der Waals surface area contributed by atoms with Gasteiger partial charge in [0.25, 0.3) is 5.91 Å². The fourth-order valence-electron chi connectivity index (χ4n) is 6.96. The summed E-state index contributed by atoms with van der Waals surface area (Å²) in [6, 6.07) is 14.8. The Kier molecular flexibility index (Phi) is 6.81. The number of fused-ring (bicyclic) bond motifs is 2. The largest absolute Gasteiger partial charge is 0.454 e. The molecule has 2 aromatic carbocycles. The zero-order chi connectivity index (χ0) is 28.2. The van der Waals surface area contributed by atoms with Gasteiger partial charge >= 0.3 is 0 Å². The average molecular weight is 558 g/mol. The zero-order valence-corrected chi connectivity index (χ0v) is 24.4. The summed E-state index contributed by atoms with van der Waals surface area (Å²) in [7, 11) is 1.81. The number of ether oxygens (including phenoxy) is 1. The molecule has 4 heterocycles. The van der Waals surface area contributed by atoms with Crippen LogP contribution >= 0.6 is 0 Å². The smallest absolute Gasteiger partial charge is 0.254 e. The number of hydrogen-bond acceptors (Lipinski definition) is 4. The van der Waals surface area contributed by atoms with Gasteiger partial charge in [0.05, 0.1) is 23.9 Å². The van der Waals surface area contributed by atoms with Crippen LogP contribution in [0, 0.1) is 18.8 Å². The quantitative estimate of drug-likeness (QED) is 0.251. The van der Waals surface area contributed by atoms with Crippen molar-refractivity contribution in [3.05, 3.63) is 53.6 Å². The number of likely N-dealkylation sites (tertiary alicyclic amines) is 1. The third-order valence-electron chi connectivity index (χ3n) is 9.48. The van der Waals surface area contributed by atoms with Crippen molar-refractivity contribution in [2.75, 3.05) is 38.2 Å². The second-order valence-electron chi connectivity index (χ2n) is 12.7.